The number of H-pyrrole nitrogens is 1. The molecule has 96 valence electrons. The fourth-order valence-electron chi connectivity index (χ4n) is 2.58. The first-order valence-electron chi connectivity index (χ1n) is 6.58. The molecule has 1 aromatic carbocycles. The minimum atomic E-state index is 1.28. The number of hydrogen-bond acceptors (Lipinski definition) is 0. The molecule has 0 aliphatic rings. The first-order chi connectivity index (χ1) is 8.34. The second kappa shape index (κ2) is 4.31. The Balaban J connectivity index is 2.76. The molecule has 0 atom stereocenters. The lowest BCUT2D eigenvalue weighted by atomic mass is 9.92. The number of rotatable bonds is 1. The quantitative estimate of drug-likeness (QED) is 0.735. The smallest absolute Gasteiger partial charge is 0.0491 e. The SMILES string of the molecule is Cc1cc(-c2[nH]c(C)c(C)c2C)c(C)c(C)c1C. The van der Waals surface area contributed by atoms with Crippen LogP contribution in [0.3, 0.4) is 0 Å². The number of aromatic amines is 1. The van der Waals surface area contributed by atoms with Crippen molar-refractivity contribution in [3.63, 3.8) is 0 Å². The molecule has 0 spiro atoms. The summed E-state index contributed by atoms with van der Waals surface area (Å²) >= 11 is 0. The van der Waals surface area contributed by atoms with E-state index in [-0.39, 0.29) is 0 Å². The summed E-state index contributed by atoms with van der Waals surface area (Å²) < 4.78 is 0. The highest BCUT2D eigenvalue weighted by Gasteiger charge is 2.14. The molecule has 18 heavy (non-hydrogen) atoms. The van der Waals surface area contributed by atoms with Crippen molar-refractivity contribution >= 4 is 0 Å². The maximum atomic E-state index is 3.54. The van der Waals surface area contributed by atoms with Gasteiger partial charge in [-0.3, -0.25) is 0 Å². The van der Waals surface area contributed by atoms with E-state index in [0.717, 1.165) is 0 Å². The van der Waals surface area contributed by atoms with Gasteiger partial charge in [0.2, 0.25) is 0 Å². The van der Waals surface area contributed by atoms with Gasteiger partial charge in [-0.2, -0.15) is 0 Å². The summed E-state index contributed by atoms with van der Waals surface area (Å²) in [7, 11) is 0. The molecule has 0 unspecified atom stereocenters. The van der Waals surface area contributed by atoms with Crippen LogP contribution in [0.2, 0.25) is 0 Å². The van der Waals surface area contributed by atoms with Crippen LogP contribution >= 0.6 is 0 Å². The van der Waals surface area contributed by atoms with Crippen molar-refractivity contribution in [2.45, 2.75) is 48.5 Å². The van der Waals surface area contributed by atoms with Crippen molar-refractivity contribution in [3.05, 3.63) is 45.1 Å². The van der Waals surface area contributed by atoms with Crippen molar-refractivity contribution < 1.29 is 0 Å². The van der Waals surface area contributed by atoms with Crippen molar-refractivity contribution in [3.8, 4) is 11.3 Å². The summed E-state index contributed by atoms with van der Waals surface area (Å²) in [6.07, 6.45) is 0. The first-order valence-corrected chi connectivity index (χ1v) is 6.58. The predicted octanol–water partition coefficient (Wildman–Crippen LogP) is 4.84. The third-order valence-corrected chi connectivity index (χ3v) is 4.56. The Labute approximate surface area is 110 Å². The van der Waals surface area contributed by atoms with Gasteiger partial charge in [0.25, 0.3) is 0 Å². The Bertz CT molecular complexity index is 615. The molecule has 0 radical (unpaired) electrons. The van der Waals surface area contributed by atoms with Gasteiger partial charge in [0.1, 0.15) is 0 Å². The van der Waals surface area contributed by atoms with Gasteiger partial charge in [-0.05, 0) is 87.9 Å². The van der Waals surface area contributed by atoms with Crippen molar-refractivity contribution in [1.29, 1.82) is 0 Å². The highest BCUT2D eigenvalue weighted by atomic mass is 14.7. The van der Waals surface area contributed by atoms with Gasteiger partial charge in [0.05, 0.1) is 0 Å². The standard InChI is InChI=1S/C17H23N/c1-9-8-16(13(5)11(3)10(9)2)17-14(6)12(4)15(7)18-17/h8,18H,1-7H3. The van der Waals surface area contributed by atoms with Crippen LogP contribution < -0.4 is 0 Å². The largest absolute Gasteiger partial charge is 0.358 e. The number of nitrogens with one attached hydrogen (secondary N) is 1. The first kappa shape index (κ1) is 12.9. The normalized spacial score (nSPS) is 11.1. The van der Waals surface area contributed by atoms with Crippen LogP contribution in [0.1, 0.15) is 39.1 Å². The fraction of sp³-hybridized carbons (Fsp3) is 0.412. The third-order valence-electron chi connectivity index (χ3n) is 4.56. The van der Waals surface area contributed by atoms with Crippen LogP contribution in [0.25, 0.3) is 11.3 Å². The van der Waals surface area contributed by atoms with Gasteiger partial charge in [0.15, 0.2) is 0 Å². The molecule has 0 saturated carbocycles. The Morgan fingerprint density at radius 3 is 1.78 bits per heavy atom. The average Bonchev–Trinajstić information content (AvgIpc) is 2.59. The van der Waals surface area contributed by atoms with E-state index in [9.17, 15) is 0 Å². The van der Waals surface area contributed by atoms with Gasteiger partial charge in [-0.25, -0.2) is 0 Å². The van der Waals surface area contributed by atoms with Gasteiger partial charge in [0, 0.05) is 17.0 Å². The molecule has 0 aliphatic carbocycles. The molecule has 1 heterocycles. The predicted molar refractivity (Wildman–Crippen MR) is 79.4 cm³/mol. The monoisotopic (exact) mass is 241 g/mol. The maximum Gasteiger partial charge on any atom is 0.0491 e. The average molecular weight is 241 g/mol. The zero-order chi connectivity index (χ0) is 13.6. The molecule has 0 bridgehead atoms. The molecule has 2 rings (SSSR count). The second-order valence-electron chi connectivity index (χ2n) is 5.49. The molecule has 0 saturated heterocycles. The van der Waals surface area contributed by atoms with Crippen LogP contribution in [0.15, 0.2) is 6.07 Å². The number of aromatic nitrogens is 1. The Kier molecular flexibility index (Phi) is 3.10. The van der Waals surface area contributed by atoms with Gasteiger partial charge >= 0.3 is 0 Å². The lowest BCUT2D eigenvalue weighted by Crippen LogP contribution is -1.95. The summed E-state index contributed by atoms with van der Waals surface area (Å²) in [6, 6.07) is 2.31. The molecule has 0 fully saturated rings. The topological polar surface area (TPSA) is 15.8 Å². The Morgan fingerprint density at radius 2 is 1.28 bits per heavy atom. The third kappa shape index (κ3) is 1.78. The number of hydrogen-bond donors (Lipinski definition) is 1. The molecular formula is C17H23N. The van der Waals surface area contributed by atoms with Crippen LogP contribution in [-0.2, 0) is 0 Å². The molecule has 2 aromatic rings. The van der Waals surface area contributed by atoms with Gasteiger partial charge in [-0.1, -0.05) is 0 Å². The van der Waals surface area contributed by atoms with Gasteiger partial charge < -0.3 is 4.98 Å². The molecule has 1 N–H and O–H groups in total. The summed E-state index contributed by atoms with van der Waals surface area (Å²) in [4.78, 5) is 3.54. The maximum absolute atomic E-state index is 3.54. The molecule has 0 amide bonds. The van der Waals surface area contributed by atoms with E-state index in [4.69, 9.17) is 0 Å². The van der Waals surface area contributed by atoms with E-state index in [1.54, 1.807) is 0 Å². The summed E-state index contributed by atoms with van der Waals surface area (Å²) in [6.45, 7) is 15.4. The Hall–Kier alpha value is -1.50. The van der Waals surface area contributed by atoms with Crippen LogP contribution in [-0.4, -0.2) is 4.98 Å². The number of benzene rings is 1. The number of aryl methyl sites for hydroxylation is 2. The lowest BCUT2D eigenvalue weighted by Gasteiger charge is -2.14. The minimum Gasteiger partial charge on any atom is -0.358 e. The molecular weight excluding hydrogens is 218 g/mol. The van der Waals surface area contributed by atoms with Crippen molar-refractivity contribution in [1.82, 2.24) is 4.98 Å². The summed E-state index contributed by atoms with van der Waals surface area (Å²) in [5.74, 6) is 0. The van der Waals surface area contributed by atoms with Crippen LogP contribution in [0.4, 0.5) is 0 Å². The van der Waals surface area contributed by atoms with E-state index in [0.29, 0.717) is 0 Å². The highest BCUT2D eigenvalue weighted by Crippen LogP contribution is 2.33. The fourth-order valence-corrected chi connectivity index (χ4v) is 2.58. The molecule has 1 nitrogen and oxygen atoms in total. The summed E-state index contributed by atoms with van der Waals surface area (Å²) in [5.41, 5.74) is 12.2. The zero-order valence-electron chi connectivity index (χ0n) is 12.6. The second-order valence-corrected chi connectivity index (χ2v) is 5.49. The summed E-state index contributed by atoms with van der Waals surface area (Å²) in [5, 5.41) is 0. The van der Waals surface area contributed by atoms with Crippen molar-refractivity contribution in [2.24, 2.45) is 0 Å². The lowest BCUT2D eigenvalue weighted by molar-refractivity contribution is 1.19. The molecule has 1 aromatic heterocycles. The van der Waals surface area contributed by atoms with Crippen LogP contribution in [0.5, 0.6) is 0 Å². The van der Waals surface area contributed by atoms with Crippen LogP contribution in [0, 0.1) is 48.5 Å². The molecule has 0 aliphatic heterocycles. The van der Waals surface area contributed by atoms with E-state index < -0.39 is 0 Å². The molecule has 1 heteroatoms. The van der Waals surface area contributed by atoms with E-state index in [1.165, 1.54) is 50.3 Å². The van der Waals surface area contributed by atoms with E-state index in [1.807, 2.05) is 0 Å². The zero-order valence-corrected chi connectivity index (χ0v) is 12.6. The van der Waals surface area contributed by atoms with E-state index in [2.05, 4.69) is 59.5 Å². The Morgan fingerprint density at radius 1 is 0.667 bits per heavy atom. The van der Waals surface area contributed by atoms with Gasteiger partial charge in [-0.15, -0.1) is 0 Å². The van der Waals surface area contributed by atoms with E-state index >= 15 is 0 Å². The highest BCUT2D eigenvalue weighted by molar-refractivity contribution is 5.72. The van der Waals surface area contributed by atoms with Crippen molar-refractivity contribution in [2.75, 3.05) is 0 Å². The minimum absolute atomic E-state index is 1.28.